The first-order valence-electron chi connectivity index (χ1n) is 6.17. The van der Waals surface area contributed by atoms with Crippen LogP contribution in [0.1, 0.15) is 12.5 Å². The minimum absolute atomic E-state index is 0. The number of nitrogen functional groups attached to an aromatic ring is 1. The third-order valence-corrected chi connectivity index (χ3v) is 3.88. The van der Waals surface area contributed by atoms with Gasteiger partial charge in [-0.1, -0.05) is 0 Å². The minimum atomic E-state index is -0.927. The highest BCUT2D eigenvalue weighted by Crippen LogP contribution is 2.37. The summed E-state index contributed by atoms with van der Waals surface area (Å²) >= 11 is 0. The van der Waals surface area contributed by atoms with Crippen molar-refractivity contribution in [2.75, 3.05) is 12.3 Å². The van der Waals surface area contributed by atoms with Crippen LogP contribution in [0.4, 0.5) is 5.82 Å². The Labute approximate surface area is 121 Å². The number of fused-ring (bicyclic) bond motifs is 1. The van der Waals surface area contributed by atoms with Crippen molar-refractivity contribution in [1.82, 2.24) is 14.5 Å². The van der Waals surface area contributed by atoms with Gasteiger partial charge in [0.1, 0.15) is 11.6 Å². The average molecular weight is 301 g/mol. The van der Waals surface area contributed by atoms with E-state index in [9.17, 15) is 15.3 Å². The van der Waals surface area contributed by atoms with E-state index in [1.54, 1.807) is 23.2 Å². The quantitative estimate of drug-likeness (QED) is 0.605. The Morgan fingerprint density at radius 2 is 2.05 bits per heavy atom. The smallest absolute Gasteiger partial charge is 0.151 e. The molecule has 8 heteroatoms. The number of hydrogen-bond acceptors (Lipinski definition) is 6. The summed E-state index contributed by atoms with van der Waals surface area (Å²) in [6.45, 7) is -0.148. The summed E-state index contributed by atoms with van der Waals surface area (Å²) in [4.78, 5) is 8.16. The molecule has 0 radical (unpaired) electrons. The van der Waals surface area contributed by atoms with Gasteiger partial charge in [0.25, 0.3) is 0 Å². The van der Waals surface area contributed by atoms with E-state index in [0.29, 0.717) is 17.8 Å². The van der Waals surface area contributed by atoms with Crippen molar-refractivity contribution in [2.45, 2.75) is 24.7 Å². The van der Waals surface area contributed by atoms with E-state index in [0.717, 1.165) is 5.52 Å². The van der Waals surface area contributed by atoms with E-state index in [1.807, 2.05) is 0 Å². The van der Waals surface area contributed by atoms with Gasteiger partial charge >= 0.3 is 0 Å². The van der Waals surface area contributed by atoms with Crippen molar-refractivity contribution in [3.05, 3.63) is 18.6 Å². The normalized spacial score (nSPS) is 29.6. The van der Waals surface area contributed by atoms with Gasteiger partial charge in [0.15, 0.2) is 5.82 Å². The van der Waals surface area contributed by atoms with Gasteiger partial charge in [-0.2, -0.15) is 0 Å². The molecule has 3 rings (SSSR count). The Morgan fingerprint density at radius 3 is 2.70 bits per heavy atom. The minimum Gasteiger partial charge on any atom is -0.396 e. The number of nitrogens with two attached hydrogens (primary N) is 1. The van der Waals surface area contributed by atoms with E-state index in [2.05, 4.69) is 9.97 Å². The van der Waals surface area contributed by atoms with E-state index < -0.39 is 12.2 Å². The molecule has 110 valence electrons. The average Bonchev–Trinajstić information content (AvgIpc) is 2.94. The fourth-order valence-electron chi connectivity index (χ4n) is 2.80. The second kappa shape index (κ2) is 5.53. The van der Waals surface area contributed by atoms with Crippen molar-refractivity contribution >= 4 is 29.3 Å². The molecule has 2 aromatic rings. The first-order valence-corrected chi connectivity index (χ1v) is 6.17. The van der Waals surface area contributed by atoms with Gasteiger partial charge in [0.05, 0.1) is 24.0 Å². The number of imidazole rings is 1. The van der Waals surface area contributed by atoms with Gasteiger partial charge in [0.2, 0.25) is 0 Å². The molecule has 2 aromatic heterocycles. The molecule has 1 fully saturated rings. The molecule has 2 heterocycles. The lowest BCUT2D eigenvalue weighted by atomic mass is 10.1. The molecule has 5 N–H and O–H groups in total. The summed E-state index contributed by atoms with van der Waals surface area (Å²) < 4.78 is 1.79. The predicted molar refractivity (Wildman–Crippen MR) is 75.4 cm³/mol. The van der Waals surface area contributed by atoms with Crippen molar-refractivity contribution < 1.29 is 15.3 Å². The maximum Gasteiger partial charge on any atom is 0.151 e. The van der Waals surface area contributed by atoms with Gasteiger partial charge < -0.3 is 25.6 Å². The second-order valence-corrected chi connectivity index (χ2v) is 4.94. The zero-order valence-corrected chi connectivity index (χ0v) is 11.4. The number of aliphatic hydroxyl groups excluding tert-OH is 3. The largest absolute Gasteiger partial charge is 0.396 e. The summed E-state index contributed by atoms with van der Waals surface area (Å²) in [7, 11) is 0. The van der Waals surface area contributed by atoms with Gasteiger partial charge in [-0.25, -0.2) is 9.97 Å². The van der Waals surface area contributed by atoms with E-state index in [1.165, 1.54) is 0 Å². The molecule has 1 aliphatic rings. The number of anilines is 1. The van der Waals surface area contributed by atoms with Crippen LogP contribution in [0.5, 0.6) is 0 Å². The molecule has 0 unspecified atom stereocenters. The highest BCUT2D eigenvalue weighted by Gasteiger charge is 2.42. The number of hydrogen-bond donors (Lipinski definition) is 4. The first-order chi connectivity index (χ1) is 9.13. The molecular formula is C12H17ClN4O3. The molecule has 0 saturated heterocycles. The Kier molecular flexibility index (Phi) is 4.14. The summed E-state index contributed by atoms with van der Waals surface area (Å²) in [5.41, 5.74) is 7.09. The summed E-state index contributed by atoms with van der Waals surface area (Å²) in [5, 5.41) is 29.2. The Morgan fingerprint density at radius 1 is 1.30 bits per heavy atom. The van der Waals surface area contributed by atoms with Crippen LogP contribution in [0.3, 0.4) is 0 Å². The lowest BCUT2D eigenvalue weighted by Crippen LogP contribution is -2.30. The summed E-state index contributed by atoms with van der Waals surface area (Å²) in [5.74, 6) is 0.0135. The van der Waals surface area contributed by atoms with E-state index in [4.69, 9.17) is 5.73 Å². The van der Waals surface area contributed by atoms with Crippen LogP contribution in [0.2, 0.25) is 0 Å². The molecule has 0 bridgehead atoms. The third-order valence-electron chi connectivity index (χ3n) is 3.88. The van der Waals surface area contributed by atoms with E-state index >= 15 is 0 Å². The third kappa shape index (κ3) is 2.12. The SMILES string of the molecule is Cl.Nc1nccc2c1ncn2[C@@H]1C[C@H](CO)[C@@H](O)[C@H]1O. The second-order valence-electron chi connectivity index (χ2n) is 4.94. The predicted octanol–water partition coefficient (Wildman–Crippen LogP) is -0.290. The molecule has 0 spiro atoms. The topological polar surface area (TPSA) is 117 Å². The standard InChI is InChI=1S/C12H16N4O3.ClH/c13-12-9-7(1-2-14-12)16(5-15-9)8-3-6(4-17)10(18)11(8)19;/h1-2,5-6,8,10-11,17-19H,3-4H2,(H2,13,14);1H/t6-,8-,10-,11+;/m1./s1. The fourth-order valence-corrected chi connectivity index (χ4v) is 2.80. The van der Waals surface area contributed by atoms with Gasteiger partial charge in [-0.3, -0.25) is 0 Å². The maximum absolute atomic E-state index is 10.1. The number of pyridine rings is 1. The molecule has 0 aromatic carbocycles. The van der Waals surface area contributed by atoms with Gasteiger partial charge in [-0.15, -0.1) is 12.4 Å². The molecule has 4 atom stereocenters. The zero-order chi connectivity index (χ0) is 13.6. The number of nitrogens with zero attached hydrogens (tertiary/aromatic N) is 3. The first kappa shape index (κ1) is 15.0. The van der Waals surface area contributed by atoms with Crippen molar-refractivity contribution in [1.29, 1.82) is 0 Å². The van der Waals surface area contributed by atoms with Crippen LogP contribution in [0.25, 0.3) is 11.0 Å². The fraction of sp³-hybridized carbons (Fsp3) is 0.500. The molecular weight excluding hydrogens is 284 g/mol. The molecule has 7 nitrogen and oxygen atoms in total. The van der Waals surface area contributed by atoms with Crippen LogP contribution in [-0.4, -0.2) is 48.7 Å². The number of halogens is 1. The van der Waals surface area contributed by atoms with Crippen molar-refractivity contribution in [2.24, 2.45) is 5.92 Å². The maximum atomic E-state index is 10.1. The van der Waals surface area contributed by atoms with Crippen molar-refractivity contribution in [3.8, 4) is 0 Å². The Balaban J connectivity index is 0.00000147. The monoisotopic (exact) mass is 300 g/mol. The lowest BCUT2D eigenvalue weighted by Gasteiger charge is -2.18. The summed E-state index contributed by atoms with van der Waals surface area (Å²) in [6, 6.07) is 1.45. The Bertz CT molecular complexity index is 605. The molecule has 1 saturated carbocycles. The van der Waals surface area contributed by atoms with Crippen LogP contribution >= 0.6 is 12.4 Å². The van der Waals surface area contributed by atoms with Crippen molar-refractivity contribution in [3.63, 3.8) is 0 Å². The number of rotatable bonds is 2. The van der Waals surface area contributed by atoms with Crippen LogP contribution in [-0.2, 0) is 0 Å². The highest BCUT2D eigenvalue weighted by atomic mass is 35.5. The van der Waals surface area contributed by atoms with Crippen LogP contribution in [0, 0.1) is 5.92 Å². The number of aromatic nitrogens is 3. The van der Waals surface area contributed by atoms with E-state index in [-0.39, 0.29) is 31.0 Å². The highest BCUT2D eigenvalue weighted by molar-refractivity contribution is 5.85. The number of aliphatic hydroxyl groups is 3. The molecule has 0 aliphatic heterocycles. The zero-order valence-electron chi connectivity index (χ0n) is 10.6. The molecule has 20 heavy (non-hydrogen) atoms. The lowest BCUT2D eigenvalue weighted by molar-refractivity contribution is -0.00365. The van der Waals surface area contributed by atoms with Gasteiger partial charge in [0, 0.05) is 18.7 Å². The summed E-state index contributed by atoms with van der Waals surface area (Å²) in [6.07, 6.45) is 1.81. The molecule has 0 amide bonds. The van der Waals surface area contributed by atoms with Crippen LogP contribution < -0.4 is 5.73 Å². The van der Waals surface area contributed by atoms with Gasteiger partial charge in [-0.05, 0) is 12.5 Å². The Hall–Kier alpha value is -1.41. The van der Waals surface area contributed by atoms with Crippen LogP contribution in [0.15, 0.2) is 18.6 Å². The molecule has 1 aliphatic carbocycles.